The topological polar surface area (TPSA) is 55.2 Å². The molecule has 0 amide bonds. The summed E-state index contributed by atoms with van der Waals surface area (Å²) in [7, 11) is 1.63. The van der Waals surface area contributed by atoms with Gasteiger partial charge in [-0.25, -0.2) is 0 Å². The van der Waals surface area contributed by atoms with E-state index in [0.717, 1.165) is 40.1 Å². The van der Waals surface area contributed by atoms with Crippen molar-refractivity contribution in [3.8, 4) is 5.75 Å². The lowest BCUT2D eigenvalue weighted by Crippen LogP contribution is -2.10. The molecule has 1 unspecified atom stereocenters. The van der Waals surface area contributed by atoms with Crippen LogP contribution in [0.1, 0.15) is 46.7 Å². The van der Waals surface area contributed by atoms with E-state index in [1.165, 1.54) is 0 Å². The Balaban J connectivity index is 2.59. The summed E-state index contributed by atoms with van der Waals surface area (Å²) < 4.78 is 5.46. The average molecular weight is 286 g/mol. The van der Waals surface area contributed by atoms with Crippen LogP contribution in [-0.2, 0) is 6.42 Å². The molecule has 1 N–H and O–H groups in total. The van der Waals surface area contributed by atoms with Crippen LogP contribution in [0.4, 0.5) is 0 Å². The van der Waals surface area contributed by atoms with Crippen LogP contribution in [0.2, 0.25) is 0 Å². The quantitative estimate of drug-likeness (QED) is 0.938. The number of methoxy groups -OCH3 is 1. The van der Waals surface area contributed by atoms with Crippen molar-refractivity contribution >= 4 is 0 Å². The van der Waals surface area contributed by atoms with Crippen molar-refractivity contribution in [2.24, 2.45) is 0 Å². The van der Waals surface area contributed by atoms with Crippen molar-refractivity contribution in [1.29, 1.82) is 0 Å². The highest BCUT2D eigenvalue weighted by Crippen LogP contribution is 2.34. The van der Waals surface area contributed by atoms with E-state index in [0.29, 0.717) is 5.75 Å². The van der Waals surface area contributed by atoms with Gasteiger partial charge in [0, 0.05) is 11.1 Å². The number of aliphatic hydroxyl groups excluding tert-OH is 1. The van der Waals surface area contributed by atoms with Crippen LogP contribution in [0.25, 0.3) is 0 Å². The van der Waals surface area contributed by atoms with Crippen LogP contribution >= 0.6 is 0 Å². The molecule has 2 rings (SSSR count). The molecule has 0 bridgehead atoms. The van der Waals surface area contributed by atoms with E-state index in [1.807, 2.05) is 45.9 Å². The van der Waals surface area contributed by atoms with Gasteiger partial charge in [0.25, 0.3) is 0 Å². The van der Waals surface area contributed by atoms with Crippen LogP contribution in [0.3, 0.4) is 0 Å². The molecule has 4 heteroatoms. The second-order valence-corrected chi connectivity index (χ2v) is 5.34. The maximum absolute atomic E-state index is 10.9. The molecular formula is C17H22N2O2. The fourth-order valence-corrected chi connectivity index (χ4v) is 2.66. The van der Waals surface area contributed by atoms with Gasteiger partial charge in [-0.2, -0.15) is 10.2 Å². The predicted octanol–water partition coefficient (Wildman–Crippen LogP) is 3.05. The molecular weight excluding hydrogens is 264 g/mol. The number of aromatic nitrogens is 2. The van der Waals surface area contributed by atoms with Crippen molar-refractivity contribution in [2.75, 3.05) is 7.11 Å². The minimum atomic E-state index is -0.760. The number of rotatable bonds is 4. The monoisotopic (exact) mass is 286 g/mol. The third-order valence-electron chi connectivity index (χ3n) is 3.64. The molecule has 21 heavy (non-hydrogen) atoms. The Morgan fingerprint density at radius 2 is 1.86 bits per heavy atom. The second-order valence-electron chi connectivity index (χ2n) is 5.34. The first-order valence-corrected chi connectivity index (χ1v) is 7.14. The molecule has 0 radical (unpaired) electrons. The first-order chi connectivity index (χ1) is 9.97. The molecule has 0 aliphatic heterocycles. The largest absolute Gasteiger partial charge is 0.496 e. The third-order valence-corrected chi connectivity index (χ3v) is 3.64. The Morgan fingerprint density at radius 3 is 2.48 bits per heavy atom. The normalized spacial score (nSPS) is 12.3. The van der Waals surface area contributed by atoms with Gasteiger partial charge < -0.3 is 9.84 Å². The lowest BCUT2D eigenvalue weighted by atomic mass is 9.93. The predicted molar refractivity (Wildman–Crippen MR) is 82.7 cm³/mol. The van der Waals surface area contributed by atoms with E-state index in [9.17, 15) is 5.11 Å². The molecule has 4 nitrogen and oxygen atoms in total. The zero-order valence-corrected chi connectivity index (χ0v) is 13.3. The summed E-state index contributed by atoms with van der Waals surface area (Å²) in [5, 5.41) is 19.1. The third kappa shape index (κ3) is 3.05. The lowest BCUT2D eigenvalue weighted by molar-refractivity contribution is 0.212. The van der Waals surface area contributed by atoms with Gasteiger partial charge in [0.2, 0.25) is 0 Å². The van der Waals surface area contributed by atoms with E-state index >= 15 is 0 Å². The lowest BCUT2D eigenvalue weighted by Gasteiger charge is -2.20. The molecule has 0 aliphatic carbocycles. The van der Waals surface area contributed by atoms with Gasteiger partial charge in [0.15, 0.2) is 0 Å². The van der Waals surface area contributed by atoms with Crippen LogP contribution in [0, 0.1) is 20.8 Å². The number of aryl methyl sites for hydroxylation is 4. The van der Waals surface area contributed by atoms with Crippen LogP contribution in [0.15, 0.2) is 18.2 Å². The van der Waals surface area contributed by atoms with E-state index in [2.05, 4.69) is 10.2 Å². The molecule has 1 aromatic carbocycles. The highest BCUT2D eigenvalue weighted by Gasteiger charge is 2.21. The van der Waals surface area contributed by atoms with Gasteiger partial charge in [0.05, 0.1) is 18.5 Å². The van der Waals surface area contributed by atoms with Gasteiger partial charge in [-0.3, -0.25) is 0 Å². The maximum Gasteiger partial charge on any atom is 0.125 e. The minimum Gasteiger partial charge on any atom is -0.496 e. The van der Waals surface area contributed by atoms with Gasteiger partial charge in [0.1, 0.15) is 11.9 Å². The summed E-state index contributed by atoms with van der Waals surface area (Å²) in [6.07, 6.45) is -0.0305. The number of benzene rings is 1. The molecule has 2 aromatic rings. The van der Waals surface area contributed by atoms with Crippen molar-refractivity contribution in [3.63, 3.8) is 0 Å². The highest BCUT2D eigenvalue weighted by molar-refractivity contribution is 5.48. The van der Waals surface area contributed by atoms with Crippen LogP contribution in [0.5, 0.6) is 5.75 Å². The number of nitrogens with zero attached hydrogens (tertiary/aromatic N) is 2. The van der Waals surface area contributed by atoms with Gasteiger partial charge in [-0.15, -0.1) is 0 Å². The van der Waals surface area contributed by atoms with Crippen LogP contribution in [-0.4, -0.2) is 22.4 Å². The van der Waals surface area contributed by atoms with Crippen molar-refractivity contribution < 1.29 is 9.84 Å². The smallest absolute Gasteiger partial charge is 0.125 e. The maximum atomic E-state index is 10.9. The standard InChI is InChI=1S/C17H22N2O2/c1-6-14-13(9-12(4)18-19-14)17(20)16-11(3)7-10(2)8-15(16)21-5/h7-9,17,20H,6H2,1-5H3. The summed E-state index contributed by atoms with van der Waals surface area (Å²) in [5.41, 5.74) is 5.33. The second kappa shape index (κ2) is 6.22. The number of hydrogen-bond donors (Lipinski definition) is 1. The van der Waals surface area contributed by atoms with Gasteiger partial charge >= 0.3 is 0 Å². The molecule has 0 saturated heterocycles. The van der Waals surface area contributed by atoms with E-state index in [-0.39, 0.29) is 0 Å². The highest BCUT2D eigenvalue weighted by atomic mass is 16.5. The Morgan fingerprint density at radius 1 is 1.14 bits per heavy atom. The van der Waals surface area contributed by atoms with Crippen molar-refractivity contribution in [1.82, 2.24) is 10.2 Å². The Labute approximate surface area is 125 Å². The summed E-state index contributed by atoms with van der Waals surface area (Å²) in [5.74, 6) is 0.705. The molecule has 0 saturated carbocycles. The zero-order valence-electron chi connectivity index (χ0n) is 13.3. The summed E-state index contributed by atoms with van der Waals surface area (Å²) in [6, 6.07) is 5.89. The average Bonchev–Trinajstić information content (AvgIpc) is 2.45. The van der Waals surface area contributed by atoms with Gasteiger partial charge in [-0.1, -0.05) is 13.0 Å². The molecule has 0 fully saturated rings. The molecule has 0 aliphatic rings. The number of aliphatic hydroxyl groups is 1. The zero-order chi connectivity index (χ0) is 15.6. The molecule has 0 spiro atoms. The van der Waals surface area contributed by atoms with Crippen molar-refractivity contribution in [2.45, 2.75) is 40.2 Å². The summed E-state index contributed by atoms with van der Waals surface area (Å²) in [4.78, 5) is 0. The SMILES string of the molecule is CCc1nnc(C)cc1C(O)c1c(C)cc(C)cc1OC. The molecule has 1 heterocycles. The van der Waals surface area contributed by atoms with E-state index in [4.69, 9.17) is 4.74 Å². The van der Waals surface area contributed by atoms with E-state index in [1.54, 1.807) is 7.11 Å². The van der Waals surface area contributed by atoms with Crippen LogP contribution < -0.4 is 4.74 Å². The first-order valence-electron chi connectivity index (χ1n) is 7.14. The molecule has 112 valence electrons. The fourth-order valence-electron chi connectivity index (χ4n) is 2.66. The summed E-state index contributed by atoms with van der Waals surface area (Å²) in [6.45, 7) is 7.89. The van der Waals surface area contributed by atoms with Gasteiger partial charge in [-0.05, 0) is 50.5 Å². The molecule has 1 atom stereocenters. The first kappa shape index (κ1) is 15.4. The van der Waals surface area contributed by atoms with E-state index < -0.39 is 6.10 Å². The Hall–Kier alpha value is -1.94. The Bertz CT molecular complexity index is 653. The van der Waals surface area contributed by atoms with Crippen molar-refractivity contribution in [3.05, 3.63) is 51.8 Å². The fraction of sp³-hybridized carbons (Fsp3) is 0.412. The summed E-state index contributed by atoms with van der Waals surface area (Å²) >= 11 is 0. The number of ether oxygens (including phenoxy) is 1. The Kier molecular flexibility index (Phi) is 4.58. The molecule has 1 aromatic heterocycles. The minimum absolute atomic E-state index is 0.705. The number of hydrogen-bond acceptors (Lipinski definition) is 4.